The fourth-order valence-corrected chi connectivity index (χ4v) is 2.32. The fraction of sp³-hybridized carbons (Fsp3) is 0.400. The molecule has 0 fully saturated rings. The lowest BCUT2D eigenvalue weighted by Crippen LogP contribution is -2.27. The first-order valence-electron chi connectivity index (χ1n) is 5.10. The molecule has 7 heteroatoms. The van der Waals surface area contributed by atoms with Crippen LogP contribution in [0.4, 0.5) is 5.69 Å². The fourth-order valence-electron chi connectivity index (χ4n) is 1.10. The van der Waals surface area contributed by atoms with Gasteiger partial charge in [-0.1, -0.05) is 31.1 Å². The van der Waals surface area contributed by atoms with Gasteiger partial charge < -0.3 is 0 Å². The number of nitrogens with one attached hydrogen (secondary N) is 1. The van der Waals surface area contributed by atoms with E-state index < -0.39 is 10.0 Å². The van der Waals surface area contributed by atoms with Gasteiger partial charge in [0.1, 0.15) is 0 Å². The SMILES string of the molecule is CC(C)CNS(=O)(=O)c1ccc(N=[N+]=[N-])cc1. The molecule has 0 radical (unpaired) electrons. The molecule has 0 spiro atoms. The van der Waals surface area contributed by atoms with Crippen molar-refractivity contribution in [3.8, 4) is 0 Å². The summed E-state index contributed by atoms with van der Waals surface area (Å²) < 4.78 is 26.1. The van der Waals surface area contributed by atoms with Crippen LogP contribution in [0, 0.1) is 5.92 Å². The molecule has 92 valence electrons. The molecule has 0 aliphatic carbocycles. The van der Waals surface area contributed by atoms with Crippen LogP contribution < -0.4 is 4.72 Å². The minimum absolute atomic E-state index is 0.162. The van der Waals surface area contributed by atoms with Crippen LogP contribution >= 0.6 is 0 Å². The summed E-state index contributed by atoms with van der Waals surface area (Å²) in [5.74, 6) is 0.243. The van der Waals surface area contributed by atoms with Crippen LogP contribution in [-0.4, -0.2) is 15.0 Å². The monoisotopic (exact) mass is 254 g/mol. The molecule has 1 rings (SSSR count). The topological polar surface area (TPSA) is 94.9 Å². The third-order valence-corrected chi connectivity index (χ3v) is 3.43. The van der Waals surface area contributed by atoms with E-state index in [1.54, 1.807) is 0 Å². The van der Waals surface area contributed by atoms with Crippen LogP contribution in [0.25, 0.3) is 10.4 Å². The summed E-state index contributed by atoms with van der Waals surface area (Å²) in [6.07, 6.45) is 0. The standard InChI is InChI=1S/C10H14N4O2S/c1-8(2)7-12-17(15,16)10-5-3-9(4-6-10)13-14-11/h3-6,8,12H,7H2,1-2H3. The zero-order valence-corrected chi connectivity index (χ0v) is 10.5. The van der Waals surface area contributed by atoms with Gasteiger partial charge in [0, 0.05) is 17.1 Å². The number of rotatable bonds is 5. The highest BCUT2D eigenvalue weighted by atomic mass is 32.2. The average Bonchev–Trinajstić information content (AvgIpc) is 2.28. The second-order valence-electron chi connectivity index (χ2n) is 3.93. The first-order chi connectivity index (χ1) is 7.95. The number of hydrogen-bond donors (Lipinski definition) is 1. The van der Waals surface area contributed by atoms with Crippen molar-refractivity contribution in [3.63, 3.8) is 0 Å². The molecular formula is C10H14N4O2S. The summed E-state index contributed by atoms with van der Waals surface area (Å²) in [7, 11) is -3.47. The zero-order chi connectivity index (χ0) is 12.9. The van der Waals surface area contributed by atoms with E-state index in [-0.39, 0.29) is 10.8 Å². The minimum Gasteiger partial charge on any atom is -0.211 e. The van der Waals surface area contributed by atoms with Crippen LogP contribution in [0.15, 0.2) is 34.3 Å². The second-order valence-corrected chi connectivity index (χ2v) is 5.70. The molecule has 17 heavy (non-hydrogen) atoms. The van der Waals surface area contributed by atoms with Gasteiger partial charge in [-0.15, -0.1) is 0 Å². The number of nitrogens with zero attached hydrogens (tertiary/aromatic N) is 3. The Hall–Kier alpha value is -1.56. The van der Waals surface area contributed by atoms with Gasteiger partial charge in [-0.05, 0) is 23.6 Å². The maximum Gasteiger partial charge on any atom is 0.240 e. The van der Waals surface area contributed by atoms with E-state index in [0.717, 1.165) is 0 Å². The predicted octanol–water partition coefficient (Wildman–Crippen LogP) is 2.56. The summed E-state index contributed by atoms with van der Waals surface area (Å²) >= 11 is 0. The Balaban J connectivity index is 2.88. The zero-order valence-electron chi connectivity index (χ0n) is 9.66. The molecule has 0 unspecified atom stereocenters. The summed E-state index contributed by atoms with van der Waals surface area (Å²) in [5.41, 5.74) is 8.61. The predicted molar refractivity (Wildman–Crippen MR) is 65.3 cm³/mol. The molecule has 1 N–H and O–H groups in total. The lowest BCUT2D eigenvalue weighted by molar-refractivity contribution is 0.560. The summed E-state index contributed by atoms with van der Waals surface area (Å²) in [6.45, 7) is 4.24. The maximum absolute atomic E-state index is 11.8. The van der Waals surface area contributed by atoms with Crippen molar-refractivity contribution >= 4 is 15.7 Å². The molecule has 0 aliphatic heterocycles. The third-order valence-electron chi connectivity index (χ3n) is 1.99. The molecule has 0 aromatic heterocycles. The van der Waals surface area contributed by atoms with Gasteiger partial charge in [-0.2, -0.15) is 0 Å². The third kappa shape index (κ3) is 4.07. The van der Waals surface area contributed by atoms with Crippen LogP contribution in [0.5, 0.6) is 0 Å². The minimum atomic E-state index is -3.47. The Morgan fingerprint density at radius 3 is 2.41 bits per heavy atom. The van der Waals surface area contributed by atoms with Crippen molar-refractivity contribution in [2.75, 3.05) is 6.54 Å². The van der Waals surface area contributed by atoms with Crippen LogP contribution in [0.1, 0.15) is 13.8 Å². The smallest absolute Gasteiger partial charge is 0.211 e. The first kappa shape index (κ1) is 13.5. The van der Waals surface area contributed by atoms with Gasteiger partial charge in [-0.25, -0.2) is 13.1 Å². The van der Waals surface area contributed by atoms with Crippen molar-refractivity contribution in [1.82, 2.24) is 4.72 Å². The molecule has 0 aliphatic rings. The van der Waals surface area contributed by atoms with Crippen molar-refractivity contribution < 1.29 is 8.42 Å². The highest BCUT2D eigenvalue weighted by Crippen LogP contribution is 2.16. The highest BCUT2D eigenvalue weighted by molar-refractivity contribution is 7.89. The molecule has 0 atom stereocenters. The lowest BCUT2D eigenvalue weighted by Gasteiger charge is -2.08. The van der Waals surface area contributed by atoms with Crippen molar-refractivity contribution in [1.29, 1.82) is 0 Å². The second kappa shape index (κ2) is 5.67. The molecule has 0 saturated carbocycles. The van der Waals surface area contributed by atoms with Crippen molar-refractivity contribution in [2.45, 2.75) is 18.7 Å². The Kier molecular flexibility index (Phi) is 4.51. The number of hydrogen-bond acceptors (Lipinski definition) is 3. The Morgan fingerprint density at radius 2 is 1.94 bits per heavy atom. The molecule has 0 bridgehead atoms. The van der Waals surface area contributed by atoms with E-state index in [4.69, 9.17) is 5.53 Å². The van der Waals surface area contributed by atoms with Gasteiger partial charge in [0.05, 0.1) is 4.90 Å². The number of sulfonamides is 1. The van der Waals surface area contributed by atoms with Gasteiger partial charge >= 0.3 is 0 Å². The van der Waals surface area contributed by atoms with Crippen LogP contribution in [0.3, 0.4) is 0 Å². The summed E-state index contributed by atoms with van der Waals surface area (Å²) in [4.78, 5) is 2.78. The molecule has 6 nitrogen and oxygen atoms in total. The normalized spacial score (nSPS) is 11.2. The first-order valence-corrected chi connectivity index (χ1v) is 6.59. The van der Waals surface area contributed by atoms with Gasteiger partial charge in [-0.3, -0.25) is 0 Å². The largest absolute Gasteiger partial charge is 0.240 e. The molecular weight excluding hydrogens is 240 g/mol. The molecule has 0 heterocycles. The number of benzene rings is 1. The van der Waals surface area contributed by atoms with Gasteiger partial charge in [0.15, 0.2) is 0 Å². The van der Waals surface area contributed by atoms with Gasteiger partial charge in [0.2, 0.25) is 10.0 Å². The quantitative estimate of drug-likeness (QED) is 0.496. The Morgan fingerprint density at radius 1 is 1.35 bits per heavy atom. The highest BCUT2D eigenvalue weighted by Gasteiger charge is 2.13. The lowest BCUT2D eigenvalue weighted by atomic mass is 10.2. The van der Waals surface area contributed by atoms with E-state index in [1.807, 2.05) is 13.8 Å². The van der Waals surface area contributed by atoms with E-state index in [2.05, 4.69) is 14.7 Å². The van der Waals surface area contributed by atoms with Crippen LogP contribution in [-0.2, 0) is 10.0 Å². The molecule has 0 saturated heterocycles. The molecule has 1 aromatic carbocycles. The summed E-state index contributed by atoms with van der Waals surface area (Å²) in [6, 6.07) is 5.74. The Labute approximate surface area is 100 Å². The summed E-state index contributed by atoms with van der Waals surface area (Å²) in [5, 5.41) is 3.37. The average molecular weight is 254 g/mol. The molecule has 0 amide bonds. The van der Waals surface area contributed by atoms with E-state index in [0.29, 0.717) is 12.2 Å². The maximum atomic E-state index is 11.8. The van der Waals surface area contributed by atoms with Crippen LogP contribution in [0.2, 0.25) is 0 Å². The number of azide groups is 1. The van der Waals surface area contributed by atoms with Crippen molar-refractivity contribution in [3.05, 3.63) is 34.7 Å². The molecule has 1 aromatic rings. The van der Waals surface area contributed by atoms with E-state index in [1.165, 1.54) is 24.3 Å². The van der Waals surface area contributed by atoms with Gasteiger partial charge in [0.25, 0.3) is 0 Å². The van der Waals surface area contributed by atoms with E-state index >= 15 is 0 Å². The van der Waals surface area contributed by atoms with E-state index in [9.17, 15) is 8.42 Å². The van der Waals surface area contributed by atoms with Crippen molar-refractivity contribution in [2.24, 2.45) is 11.0 Å². The Bertz CT molecular complexity index is 516.